The second-order valence-electron chi connectivity index (χ2n) is 4.64. The van der Waals surface area contributed by atoms with Crippen LogP contribution in [0.4, 0.5) is 5.69 Å². The molecule has 4 nitrogen and oxygen atoms in total. The first-order chi connectivity index (χ1) is 10.0. The smallest absolute Gasteiger partial charge is 0.143 e. The van der Waals surface area contributed by atoms with Crippen LogP contribution >= 0.6 is 11.6 Å². The molecule has 0 heterocycles. The third-order valence-electron chi connectivity index (χ3n) is 3.24. The molecule has 2 aromatic rings. The van der Waals surface area contributed by atoms with E-state index in [2.05, 4.69) is 5.32 Å². The van der Waals surface area contributed by atoms with Crippen molar-refractivity contribution < 1.29 is 14.6 Å². The van der Waals surface area contributed by atoms with Crippen molar-refractivity contribution in [3.05, 3.63) is 47.0 Å². The number of benzene rings is 2. The number of phenolic OH excluding ortho intramolecular Hbond substituents is 1. The van der Waals surface area contributed by atoms with E-state index in [1.807, 2.05) is 19.1 Å². The van der Waals surface area contributed by atoms with Crippen molar-refractivity contribution in [2.75, 3.05) is 19.5 Å². The van der Waals surface area contributed by atoms with Crippen LogP contribution in [0, 0.1) is 0 Å². The maximum atomic E-state index is 9.34. The summed E-state index contributed by atoms with van der Waals surface area (Å²) in [6.45, 7) is 2.02. The lowest BCUT2D eigenvalue weighted by Crippen LogP contribution is -2.08. The van der Waals surface area contributed by atoms with E-state index in [-0.39, 0.29) is 11.8 Å². The molecule has 0 saturated carbocycles. The Kier molecular flexibility index (Phi) is 4.81. The molecule has 0 aliphatic carbocycles. The van der Waals surface area contributed by atoms with Crippen LogP contribution in [0.1, 0.15) is 18.5 Å². The predicted molar refractivity (Wildman–Crippen MR) is 84.7 cm³/mol. The van der Waals surface area contributed by atoms with E-state index in [1.54, 1.807) is 38.5 Å². The zero-order valence-electron chi connectivity index (χ0n) is 12.2. The van der Waals surface area contributed by atoms with Crippen LogP contribution in [-0.4, -0.2) is 19.3 Å². The van der Waals surface area contributed by atoms with Gasteiger partial charge in [-0.25, -0.2) is 0 Å². The molecule has 1 atom stereocenters. The number of hydrogen-bond donors (Lipinski definition) is 2. The molecule has 0 bridgehead atoms. The molecule has 112 valence electrons. The van der Waals surface area contributed by atoms with Crippen molar-refractivity contribution in [1.82, 2.24) is 0 Å². The van der Waals surface area contributed by atoms with Crippen LogP contribution in [0.5, 0.6) is 17.2 Å². The van der Waals surface area contributed by atoms with Crippen LogP contribution in [0.3, 0.4) is 0 Å². The molecule has 0 amide bonds. The molecule has 0 radical (unpaired) electrons. The molecule has 0 aliphatic heterocycles. The highest BCUT2D eigenvalue weighted by Gasteiger charge is 2.13. The summed E-state index contributed by atoms with van der Waals surface area (Å²) >= 11 is 6.09. The van der Waals surface area contributed by atoms with Crippen molar-refractivity contribution >= 4 is 17.3 Å². The van der Waals surface area contributed by atoms with E-state index >= 15 is 0 Å². The maximum Gasteiger partial charge on any atom is 0.143 e. The summed E-state index contributed by atoms with van der Waals surface area (Å²) < 4.78 is 10.6. The fourth-order valence-electron chi connectivity index (χ4n) is 2.05. The lowest BCUT2D eigenvalue weighted by atomic mass is 10.1. The van der Waals surface area contributed by atoms with E-state index in [0.29, 0.717) is 16.5 Å². The van der Waals surface area contributed by atoms with E-state index in [9.17, 15) is 5.11 Å². The summed E-state index contributed by atoms with van der Waals surface area (Å²) in [5.41, 5.74) is 1.84. The Morgan fingerprint density at radius 1 is 1.05 bits per heavy atom. The number of rotatable bonds is 5. The Labute approximate surface area is 129 Å². The highest BCUT2D eigenvalue weighted by molar-refractivity contribution is 6.32. The van der Waals surface area contributed by atoms with Gasteiger partial charge in [-0.15, -0.1) is 0 Å². The molecule has 5 heteroatoms. The highest BCUT2D eigenvalue weighted by Crippen LogP contribution is 2.37. The Bertz CT molecular complexity index is 614. The predicted octanol–water partition coefficient (Wildman–Crippen LogP) is 4.24. The van der Waals surface area contributed by atoms with Crippen LogP contribution in [-0.2, 0) is 0 Å². The fourth-order valence-corrected chi connectivity index (χ4v) is 2.28. The van der Waals surface area contributed by atoms with Gasteiger partial charge in [0, 0.05) is 18.2 Å². The third kappa shape index (κ3) is 3.52. The Morgan fingerprint density at radius 2 is 1.67 bits per heavy atom. The van der Waals surface area contributed by atoms with Crippen LogP contribution in [0.25, 0.3) is 0 Å². The first kappa shape index (κ1) is 15.3. The minimum absolute atomic E-state index is 0.0328. The summed E-state index contributed by atoms with van der Waals surface area (Å²) in [6.07, 6.45) is 0. The summed E-state index contributed by atoms with van der Waals surface area (Å²) in [7, 11) is 3.16. The lowest BCUT2D eigenvalue weighted by molar-refractivity contribution is 0.404. The molecule has 2 rings (SSSR count). The Balaban J connectivity index is 2.27. The standard InChI is InChI=1S/C16H18ClNO3/c1-10(11-4-6-12(19)7-5-11)18-14-9-15(20-2)13(17)8-16(14)21-3/h4-10,18-19H,1-3H3. The van der Waals surface area contributed by atoms with Crippen molar-refractivity contribution in [2.24, 2.45) is 0 Å². The molecule has 0 fully saturated rings. The number of aromatic hydroxyl groups is 1. The number of ether oxygens (including phenoxy) is 2. The minimum Gasteiger partial charge on any atom is -0.508 e. The first-order valence-corrected chi connectivity index (χ1v) is 6.90. The molecule has 0 spiro atoms. The van der Waals surface area contributed by atoms with Gasteiger partial charge in [0.25, 0.3) is 0 Å². The summed E-state index contributed by atoms with van der Waals surface area (Å²) in [4.78, 5) is 0. The van der Waals surface area contributed by atoms with Gasteiger partial charge < -0.3 is 19.9 Å². The van der Waals surface area contributed by atoms with E-state index < -0.39 is 0 Å². The van der Waals surface area contributed by atoms with Gasteiger partial charge >= 0.3 is 0 Å². The number of anilines is 1. The summed E-state index contributed by atoms with van der Waals surface area (Å²) in [6, 6.07) is 10.6. The van der Waals surface area contributed by atoms with Gasteiger partial charge in [-0.1, -0.05) is 23.7 Å². The Morgan fingerprint density at radius 3 is 2.24 bits per heavy atom. The van der Waals surface area contributed by atoms with Gasteiger partial charge in [0.05, 0.1) is 24.9 Å². The summed E-state index contributed by atoms with van der Waals surface area (Å²) in [5, 5.41) is 13.2. The van der Waals surface area contributed by atoms with Gasteiger partial charge in [0.1, 0.15) is 17.2 Å². The van der Waals surface area contributed by atoms with Gasteiger partial charge in [0.15, 0.2) is 0 Å². The number of halogens is 1. The zero-order valence-corrected chi connectivity index (χ0v) is 12.9. The quantitative estimate of drug-likeness (QED) is 0.867. The number of methoxy groups -OCH3 is 2. The SMILES string of the molecule is COc1cc(NC(C)c2ccc(O)cc2)c(OC)cc1Cl. The van der Waals surface area contributed by atoms with Crippen molar-refractivity contribution in [3.8, 4) is 17.2 Å². The second kappa shape index (κ2) is 6.59. The summed E-state index contributed by atoms with van der Waals surface area (Å²) in [5.74, 6) is 1.47. The average molecular weight is 308 g/mol. The second-order valence-corrected chi connectivity index (χ2v) is 5.05. The van der Waals surface area contributed by atoms with Crippen molar-refractivity contribution in [3.63, 3.8) is 0 Å². The van der Waals surface area contributed by atoms with Crippen molar-refractivity contribution in [1.29, 1.82) is 0 Å². The lowest BCUT2D eigenvalue weighted by Gasteiger charge is -2.19. The Hall–Kier alpha value is -2.07. The van der Waals surface area contributed by atoms with E-state index in [4.69, 9.17) is 21.1 Å². The van der Waals surface area contributed by atoms with Crippen LogP contribution < -0.4 is 14.8 Å². The number of hydrogen-bond acceptors (Lipinski definition) is 4. The number of nitrogens with one attached hydrogen (secondary N) is 1. The van der Waals surface area contributed by atoms with E-state index in [0.717, 1.165) is 11.3 Å². The topological polar surface area (TPSA) is 50.7 Å². The molecular weight excluding hydrogens is 290 g/mol. The largest absolute Gasteiger partial charge is 0.508 e. The van der Waals surface area contributed by atoms with Gasteiger partial charge in [-0.05, 0) is 24.6 Å². The van der Waals surface area contributed by atoms with Gasteiger partial charge in [-0.3, -0.25) is 0 Å². The molecule has 0 saturated heterocycles. The average Bonchev–Trinajstić information content (AvgIpc) is 2.49. The maximum absolute atomic E-state index is 9.34. The van der Waals surface area contributed by atoms with Gasteiger partial charge in [-0.2, -0.15) is 0 Å². The molecular formula is C16H18ClNO3. The molecule has 2 N–H and O–H groups in total. The first-order valence-electron chi connectivity index (χ1n) is 6.52. The third-order valence-corrected chi connectivity index (χ3v) is 3.53. The van der Waals surface area contributed by atoms with E-state index in [1.165, 1.54) is 0 Å². The normalized spacial score (nSPS) is 11.8. The minimum atomic E-state index is 0.0328. The monoisotopic (exact) mass is 307 g/mol. The van der Waals surface area contributed by atoms with Crippen molar-refractivity contribution in [2.45, 2.75) is 13.0 Å². The van der Waals surface area contributed by atoms with Gasteiger partial charge in [0.2, 0.25) is 0 Å². The van der Waals surface area contributed by atoms with Crippen LogP contribution in [0.2, 0.25) is 5.02 Å². The molecule has 1 unspecified atom stereocenters. The fraction of sp³-hybridized carbons (Fsp3) is 0.250. The molecule has 0 aromatic heterocycles. The highest BCUT2D eigenvalue weighted by atomic mass is 35.5. The number of phenols is 1. The molecule has 2 aromatic carbocycles. The molecule has 21 heavy (non-hydrogen) atoms. The van der Waals surface area contributed by atoms with Crippen LogP contribution in [0.15, 0.2) is 36.4 Å². The zero-order chi connectivity index (χ0) is 15.4. The molecule has 0 aliphatic rings.